The van der Waals surface area contributed by atoms with Gasteiger partial charge in [0.05, 0.1) is 0 Å². The third-order valence-corrected chi connectivity index (χ3v) is 6.05. The van der Waals surface area contributed by atoms with Crippen molar-refractivity contribution in [3.63, 3.8) is 0 Å². The zero-order valence-corrected chi connectivity index (χ0v) is 15.2. The van der Waals surface area contributed by atoms with E-state index in [-0.39, 0.29) is 0 Å². The van der Waals surface area contributed by atoms with E-state index in [1.807, 2.05) is 0 Å². The van der Waals surface area contributed by atoms with Crippen LogP contribution in [0.2, 0.25) is 0 Å². The number of benzene rings is 2. The maximum Gasteiger partial charge on any atom is 0.0484 e. The van der Waals surface area contributed by atoms with Crippen LogP contribution in [0.25, 0.3) is 10.8 Å². The van der Waals surface area contributed by atoms with Crippen molar-refractivity contribution in [3.8, 4) is 0 Å². The highest BCUT2D eigenvalue weighted by Crippen LogP contribution is 2.30. The summed E-state index contributed by atoms with van der Waals surface area (Å²) in [6, 6.07) is 15.4. The Hall–Kier alpha value is -1.42. The molecule has 3 heteroatoms. The van der Waals surface area contributed by atoms with Gasteiger partial charge in [0.1, 0.15) is 0 Å². The summed E-state index contributed by atoms with van der Waals surface area (Å²) >= 11 is 0. The minimum atomic E-state index is 0.301. The zero-order valence-electron chi connectivity index (χ0n) is 15.2. The normalized spacial score (nSPS) is 21.4. The summed E-state index contributed by atoms with van der Waals surface area (Å²) in [5.41, 5.74) is 1.68. The summed E-state index contributed by atoms with van der Waals surface area (Å²) in [7, 11) is 0. The van der Waals surface area contributed by atoms with E-state index in [0.29, 0.717) is 5.54 Å². The van der Waals surface area contributed by atoms with E-state index < -0.39 is 0 Å². The Morgan fingerprint density at radius 3 is 2.48 bits per heavy atom. The first-order chi connectivity index (χ1) is 12.4. The van der Waals surface area contributed by atoms with Gasteiger partial charge in [0.25, 0.3) is 0 Å². The monoisotopic (exact) mass is 338 g/mol. The van der Waals surface area contributed by atoms with Crippen LogP contribution in [0.15, 0.2) is 42.5 Å². The van der Waals surface area contributed by atoms with Gasteiger partial charge in [0, 0.05) is 31.8 Å². The number of piperidine rings is 1. The highest BCUT2D eigenvalue weighted by molar-refractivity contribution is 5.82. The van der Waals surface area contributed by atoms with E-state index in [0.717, 1.165) is 39.1 Å². The molecule has 2 aliphatic rings. The third kappa shape index (κ3) is 3.89. The lowest BCUT2D eigenvalue weighted by atomic mass is 9.86. The van der Waals surface area contributed by atoms with Crippen LogP contribution in [-0.2, 0) is 11.3 Å². The first-order valence-electron chi connectivity index (χ1n) is 9.87. The Balaban J connectivity index is 1.41. The smallest absolute Gasteiger partial charge is 0.0484 e. The van der Waals surface area contributed by atoms with Gasteiger partial charge in [-0.25, -0.2) is 0 Å². The first-order valence-corrected chi connectivity index (χ1v) is 9.87. The molecule has 0 radical (unpaired) electrons. The van der Waals surface area contributed by atoms with Gasteiger partial charge < -0.3 is 10.1 Å². The third-order valence-electron chi connectivity index (χ3n) is 6.05. The summed E-state index contributed by atoms with van der Waals surface area (Å²) in [6.07, 6.45) is 6.43. The predicted octanol–water partition coefficient (Wildman–Crippen LogP) is 3.96. The van der Waals surface area contributed by atoms with Crippen molar-refractivity contribution >= 4 is 10.8 Å². The number of hydrogen-bond donors (Lipinski definition) is 1. The number of ether oxygens (including phenoxy) is 1. The van der Waals surface area contributed by atoms with Crippen molar-refractivity contribution in [3.05, 3.63) is 48.0 Å². The van der Waals surface area contributed by atoms with Gasteiger partial charge in [0.2, 0.25) is 0 Å². The molecule has 0 atom stereocenters. The molecule has 2 heterocycles. The molecule has 0 amide bonds. The summed E-state index contributed by atoms with van der Waals surface area (Å²) in [5.74, 6) is 0. The van der Waals surface area contributed by atoms with Crippen molar-refractivity contribution in [2.75, 3.05) is 32.8 Å². The standard InChI is InChI=1S/C22H30N2O/c1-4-12-24(13-5-1)22(10-14-25-15-11-22)18-23-17-19-8-9-20-6-2-3-7-21(20)16-19/h2-3,6-9,16,23H,1,4-5,10-15,17-18H2. The van der Waals surface area contributed by atoms with Gasteiger partial charge in [-0.05, 0) is 61.2 Å². The van der Waals surface area contributed by atoms with Crippen molar-refractivity contribution < 1.29 is 4.74 Å². The summed E-state index contributed by atoms with van der Waals surface area (Å²) in [4.78, 5) is 2.76. The molecule has 0 bridgehead atoms. The van der Waals surface area contributed by atoms with Crippen LogP contribution in [0.3, 0.4) is 0 Å². The Labute approximate surface area is 151 Å². The molecule has 2 aromatic rings. The largest absolute Gasteiger partial charge is 0.381 e. The molecule has 4 rings (SSSR count). The van der Waals surface area contributed by atoms with Gasteiger partial charge in [0.15, 0.2) is 0 Å². The minimum absolute atomic E-state index is 0.301. The second kappa shape index (κ2) is 7.86. The lowest BCUT2D eigenvalue weighted by Gasteiger charge is -2.48. The maximum atomic E-state index is 5.67. The Bertz CT molecular complexity index is 687. The lowest BCUT2D eigenvalue weighted by molar-refractivity contribution is -0.0358. The van der Waals surface area contributed by atoms with Crippen LogP contribution in [0.4, 0.5) is 0 Å². The Kier molecular flexibility index (Phi) is 5.35. The van der Waals surface area contributed by atoms with Crippen LogP contribution in [0.5, 0.6) is 0 Å². The maximum absolute atomic E-state index is 5.67. The molecule has 2 fully saturated rings. The number of likely N-dealkylation sites (tertiary alicyclic amines) is 1. The Morgan fingerprint density at radius 1 is 0.920 bits per heavy atom. The molecule has 2 aliphatic heterocycles. The highest BCUT2D eigenvalue weighted by atomic mass is 16.5. The molecule has 3 nitrogen and oxygen atoms in total. The van der Waals surface area contributed by atoms with E-state index in [4.69, 9.17) is 4.74 Å². The van der Waals surface area contributed by atoms with Gasteiger partial charge in [-0.15, -0.1) is 0 Å². The summed E-state index contributed by atoms with van der Waals surface area (Å²) < 4.78 is 5.67. The minimum Gasteiger partial charge on any atom is -0.381 e. The number of hydrogen-bond acceptors (Lipinski definition) is 3. The molecule has 134 valence electrons. The van der Waals surface area contributed by atoms with Crippen LogP contribution >= 0.6 is 0 Å². The van der Waals surface area contributed by atoms with E-state index >= 15 is 0 Å². The predicted molar refractivity (Wildman–Crippen MR) is 104 cm³/mol. The van der Waals surface area contributed by atoms with Crippen molar-refractivity contribution in [1.29, 1.82) is 0 Å². The lowest BCUT2D eigenvalue weighted by Crippen LogP contribution is -2.59. The molecule has 0 aliphatic carbocycles. The number of fused-ring (bicyclic) bond motifs is 1. The fourth-order valence-electron chi connectivity index (χ4n) is 4.51. The zero-order chi connectivity index (χ0) is 17.0. The molecule has 0 saturated carbocycles. The molecular weight excluding hydrogens is 308 g/mol. The second-order valence-corrected chi connectivity index (χ2v) is 7.67. The van der Waals surface area contributed by atoms with Gasteiger partial charge >= 0.3 is 0 Å². The first kappa shape index (κ1) is 17.0. The average molecular weight is 338 g/mol. The topological polar surface area (TPSA) is 24.5 Å². The van der Waals surface area contributed by atoms with Gasteiger partial charge in [-0.2, -0.15) is 0 Å². The van der Waals surface area contributed by atoms with Gasteiger partial charge in [-0.3, -0.25) is 4.90 Å². The molecule has 2 saturated heterocycles. The molecule has 0 unspecified atom stereocenters. The fourth-order valence-corrected chi connectivity index (χ4v) is 4.51. The Morgan fingerprint density at radius 2 is 1.68 bits per heavy atom. The number of rotatable bonds is 5. The average Bonchev–Trinajstić information content (AvgIpc) is 2.69. The second-order valence-electron chi connectivity index (χ2n) is 7.67. The quantitative estimate of drug-likeness (QED) is 0.893. The van der Waals surface area contributed by atoms with Crippen LogP contribution in [0, 0.1) is 0 Å². The SMILES string of the molecule is c1ccc2cc(CNCC3(N4CCCCC4)CCOCC3)ccc2c1. The molecule has 2 aromatic carbocycles. The van der Waals surface area contributed by atoms with Crippen LogP contribution < -0.4 is 5.32 Å². The van der Waals surface area contributed by atoms with Crippen LogP contribution in [-0.4, -0.2) is 43.3 Å². The van der Waals surface area contributed by atoms with Crippen LogP contribution in [0.1, 0.15) is 37.7 Å². The molecule has 0 aromatic heterocycles. The summed E-state index contributed by atoms with van der Waals surface area (Å²) in [6.45, 7) is 6.36. The number of nitrogens with one attached hydrogen (secondary N) is 1. The molecule has 1 N–H and O–H groups in total. The van der Waals surface area contributed by atoms with E-state index in [1.54, 1.807) is 0 Å². The molecule has 25 heavy (non-hydrogen) atoms. The van der Waals surface area contributed by atoms with E-state index in [9.17, 15) is 0 Å². The molecular formula is C22H30N2O. The highest BCUT2D eigenvalue weighted by Gasteiger charge is 2.38. The van der Waals surface area contributed by atoms with Crippen molar-refractivity contribution in [2.45, 2.75) is 44.2 Å². The fraction of sp³-hybridized carbons (Fsp3) is 0.545. The molecule has 0 spiro atoms. The van der Waals surface area contributed by atoms with Gasteiger partial charge in [-0.1, -0.05) is 42.8 Å². The number of nitrogens with zero attached hydrogens (tertiary/aromatic N) is 1. The van der Waals surface area contributed by atoms with E-state index in [2.05, 4.69) is 52.7 Å². The van der Waals surface area contributed by atoms with Crippen molar-refractivity contribution in [1.82, 2.24) is 10.2 Å². The van der Waals surface area contributed by atoms with E-state index in [1.165, 1.54) is 48.7 Å². The van der Waals surface area contributed by atoms with Crippen molar-refractivity contribution in [2.24, 2.45) is 0 Å². The summed E-state index contributed by atoms with van der Waals surface area (Å²) in [5, 5.41) is 6.43.